The number of nitrogens with two attached hydrogens (primary N) is 1. The van der Waals surface area contributed by atoms with Gasteiger partial charge in [0.1, 0.15) is 6.54 Å². The van der Waals surface area contributed by atoms with E-state index < -0.39 is 22.9 Å². The summed E-state index contributed by atoms with van der Waals surface area (Å²) in [5.41, 5.74) is 5.27. The number of piperidine rings is 1. The largest absolute Gasteiger partial charge is 0.402 e. The third-order valence-corrected chi connectivity index (χ3v) is 4.22. The second-order valence-corrected chi connectivity index (χ2v) is 5.95. The van der Waals surface area contributed by atoms with Gasteiger partial charge in [0.05, 0.1) is 12.7 Å². The van der Waals surface area contributed by atoms with Crippen LogP contribution < -0.4 is 10.5 Å². The summed E-state index contributed by atoms with van der Waals surface area (Å²) < 4.78 is 67.0. The standard InChI is InChI=1S/C9H18F3N3O3S/c10-9(11,12)7-14-19(16,17)15-4-1-8(2-5-15)18-6-3-13/h8,14H,1-7,13H2. The number of hydrogen-bond acceptors (Lipinski definition) is 4. The fraction of sp³-hybridized carbons (Fsp3) is 1.00. The minimum absolute atomic E-state index is 0.0855. The second-order valence-electron chi connectivity index (χ2n) is 4.20. The Hall–Kier alpha value is -0.420. The first-order valence-corrected chi connectivity index (χ1v) is 7.32. The van der Waals surface area contributed by atoms with Crippen LogP contribution in [0.25, 0.3) is 0 Å². The predicted molar refractivity (Wildman–Crippen MR) is 62.6 cm³/mol. The smallest absolute Gasteiger partial charge is 0.377 e. The molecule has 3 N–H and O–H groups in total. The molecule has 0 saturated carbocycles. The van der Waals surface area contributed by atoms with Gasteiger partial charge in [0.25, 0.3) is 10.2 Å². The highest BCUT2D eigenvalue weighted by atomic mass is 32.2. The van der Waals surface area contributed by atoms with Crippen LogP contribution in [0.4, 0.5) is 13.2 Å². The minimum Gasteiger partial charge on any atom is -0.377 e. The van der Waals surface area contributed by atoms with Crippen molar-refractivity contribution in [3.63, 3.8) is 0 Å². The van der Waals surface area contributed by atoms with E-state index in [1.165, 1.54) is 4.72 Å². The average Bonchev–Trinajstić information content (AvgIpc) is 2.34. The number of halogens is 3. The Morgan fingerprint density at radius 1 is 1.32 bits per heavy atom. The van der Waals surface area contributed by atoms with Gasteiger partial charge < -0.3 is 10.5 Å². The molecule has 0 aromatic heterocycles. The molecule has 0 atom stereocenters. The van der Waals surface area contributed by atoms with Crippen molar-refractivity contribution in [3.8, 4) is 0 Å². The molecular weight excluding hydrogens is 287 g/mol. The lowest BCUT2D eigenvalue weighted by Crippen LogP contribution is -2.48. The third-order valence-electron chi connectivity index (χ3n) is 2.67. The van der Waals surface area contributed by atoms with E-state index in [1.54, 1.807) is 0 Å². The van der Waals surface area contributed by atoms with Crippen LogP contribution in [-0.2, 0) is 14.9 Å². The Bertz CT molecular complexity index is 367. The van der Waals surface area contributed by atoms with Crippen molar-refractivity contribution in [2.45, 2.75) is 25.1 Å². The Balaban J connectivity index is 2.41. The van der Waals surface area contributed by atoms with Gasteiger partial charge in [-0.15, -0.1) is 0 Å². The molecule has 0 unspecified atom stereocenters. The van der Waals surface area contributed by atoms with Gasteiger partial charge in [0, 0.05) is 19.6 Å². The summed E-state index contributed by atoms with van der Waals surface area (Å²) in [5, 5.41) is 0. The van der Waals surface area contributed by atoms with E-state index in [-0.39, 0.29) is 19.2 Å². The molecule has 0 aromatic carbocycles. The zero-order valence-electron chi connectivity index (χ0n) is 10.3. The molecule has 0 radical (unpaired) electrons. The summed E-state index contributed by atoms with van der Waals surface area (Å²) in [6.45, 7) is -0.501. The highest BCUT2D eigenvalue weighted by Gasteiger charge is 2.33. The van der Waals surface area contributed by atoms with Gasteiger partial charge in [0.2, 0.25) is 0 Å². The summed E-state index contributed by atoms with van der Waals surface area (Å²) in [5.74, 6) is 0. The maximum atomic E-state index is 12.0. The van der Waals surface area contributed by atoms with Gasteiger partial charge in [-0.25, -0.2) is 0 Å². The molecule has 1 aliphatic heterocycles. The van der Waals surface area contributed by atoms with Gasteiger partial charge in [-0.3, -0.25) is 0 Å². The first-order chi connectivity index (χ1) is 8.74. The molecule has 19 heavy (non-hydrogen) atoms. The van der Waals surface area contributed by atoms with Crippen LogP contribution in [0, 0.1) is 0 Å². The summed E-state index contributed by atoms with van der Waals surface area (Å²) in [6, 6.07) is 0. The van der Waals surface area contributed by atoms with Gasteiger partial charge in [0.15, 0.2) is 0 Å². The number of alkyl halides is 3. The van der Waals surface area contributed by atoms with Crippen LogP contribution >= 0.6 is 0 Å². The molecule has 1 saturated heterocycles. The molecule has 0 aliphatic carbocycles. The fourth-order valence-corrected chi connectivity index (χ4v) is 2.96. The van der Waals surface area contributed by atoms with Crippen LogP contribution in [0.1, 0.15) is 12.8 Å². The monoisotopic (exact) mass is 305 g/mol. The normalized spacial score (nSPS) is 19.8. The van der Waals surface area contributed by atoms with E-state index in [9.17, 15) is 21.6 Å². The molecular formula is C9H18F3N3O3S. The van der Waals surface area contributed by atoms with E-state index in [4.69, 9.17) is 10.5 Å². The van der Waals surface area contributed by atoms with E-state index in [0.717, 1.165) is 4.31 Å². The van der Waals surface area contributed by atoms with Crippen molar-refractivity contribution >= 4 is 10.2 Å². The number of rotatable bonds is 6. The predicted octanol–water partition coefficient (Wildman–Crippen LogP) is -0.177. The van der Waals surface area contributed by atoms with Gasteiger partial charge in [-0.2, -0.15) is 30.6 Å². The lowest BCUT2D eigenvalue weighted by atomic mass is 10.1. The third kappa shape index (κ3) is 6.04. The first kappa shape index (κ1) is 16.6. The Kier molecular flexibility index (Phi) is 5.99. The molecule has 0 aromatic rings. The van der Waals surface area contributed by atoms with Crippen LogP contribution in [0.15, 0.2) is 0 Å². The Morgan fingerprint density at radius 2 is 1.89 bits per heavy atom. The molecule has 6 nitrogen and oxygen atoms in total. The molecule has 114 valence electrons. The van der Waals surface area contributed by atoms with Crippen molar-refractivity contribution in [2.24, 2.45) is 5.73 Å². The minimum atomic E-state index is -4.56. The quantitative estimate of drug-likeness (QED) is 0.713. The van der Waals surface area contributed by atoms with Crippen LogP contribution in [0.3, 0.4) is 0 Å². The summed E-state index contributed by atoms with van der Waals surface area (Å²) >= 11 is 0. The van der Waals surface area contributed by atoms with Crippen molar-refractivity contribution in [1.82, 2.24) is 9.03 Å². The van der Waals surface area contributed by atoms with E-state index in [1.807, 2.05) is 0 Å². The molecule has 1 fully saturated rings. The number of ether oxygens (including phenoxy) is 1. The topological polar surface area (TPSA) is 84.7 Å². The Morgan fingerprint density at radius 3 is 2.37 bits per heavy atom. The summed E-state index contributed by atoms with van der Waals surface area (Å²) in [4.78, 5) is 0. The van der Waals surface area contributed by atoms with E-state index in [2.05, 4.69) is 0 Å². The number of hydrogen-bond donors (Lipinski definition) is 2. The lowest BCUT2D eigenvalue weighted by molar-refractivity contribution is -0.121. The SMILES string of the molecule is NCCOC1CCN(S(=O)(=O)NCC(F)(F)F)CC1. The van der Waals surface area contributed by atoms with Crippen LogP contribution in [-0.4, -0.2) is 57.8 Å². The van der Waals surface area contributed by atoms with Crippen molar-refractivity contribution < 1.29 is 26.3 Å². The van der Waals surface area contributed by atoms with Crippen molar-refractivity contribution in [3.05, 3.63) is 0 Å². The average molecular weight is 305 g/mol. The molecule has 10 heteroatoms. The molecule has 0 amide bonds. The molecule has 1 heterocycles. The zero-order chi connectivity index (χ0) is 14.5. The number of nitrogens with one attached hydrogen (secondary N) is 1. The van der Waals surface area contributed by atoms with Crippen molar-refractivity contribution in [2.75, 3.05) is 32.8 Å². The van der Waals surface area contributed by atoms with Crippen LogP contribution in [0.2, 0.25) is 0 Å². The molecule has 0 bridgehead atoms. The van der Waals surface area contributed by atoms with Crippen LogP contribution in [0.5, 0.6) is 0 Å². The van der Waals surface area contributed by atoms with E-state index in [0.29, 0.717) is 26.0 Å². The maximum absolute atomic E-state index is 12.0. The summed E-state index contributed by atoms with van der Waals surface area (Å²) in [6.07, 6.45) is -3.74. The highest BCUT2D eigenvalue weighted by Crippen LogP contribution is 2.17. The van der Waals surface area contributed by atoms with Crippen molar-refractivity contribution in [1.29, 1.82) is 0 Å². The first-order valence-electron chi connectivity index (χ1n) is 5.88. The molecule has 0 spiro atoms. The highest BCUT2D eigenvalue weighted by molar-refractivity contribution is 7.87. The van der Waals surface area contributed by atoms with Gasteiger partial charge >= 0.3 is 6.18 Å². The maximum Gasteiger partial charge on any atom is 0.402 e. The second kappa shape index (κ2) is 6.84. The lowest BCUT2D eigenvalue weighted by Gasteiger charge is -2.31. The summed E-state index contributed by atoms with van der Waals surface area (Å²) in [7, 11) is -4.08. The molecule has 1 aliphatic rings. The molecule has 1 rings (SSSR count). The number of nitrogens with zero attached hydrogens (tertiary/aromatic N) is 1. The van der Waals surface area contributed by atoms with Gasteiger partial charge in [-0.05, 0) is 12.8 Å². The zero-order valence-corrected chi connectivity index (χ0v) is 11.1. The fourth-order valence-electron chi connectivity index (χ4n) is 1.74. The van der Waals surface area contributed by atoms with E-state index >= 15 is 0 Å². The van der Waals surface area contributed by atoms with Gasteiger partial charge in [-0.1, -0.05) is 0 Å². The Labute approximate surface area is 110 Å².